The molecule has 0 N–H and O–H groups in total. The van der Waals surface area contributed by atoms with Crippen molar-refractivity contribution >= 4 is 26.3 Å². The molecular weight excluding hydrogens is 377 g/mol. The molecule has 0 spiro atoms. The van der Waals surface area contributed by atoms with Gasteiger partial charge in [-0.3, -0.25) is 0 Å². The molecule has 0 aliphatic rings. The fourth-order valence-electron chi connectivity index (χ4n) is 1.50. The molecule has 0 aromatic carbocycles. The van der Waals surface area contributed by atoms with Crippen LogP contribution in [0.2, 0.25) is 11.4 Å². The fraction of sp³-hybridized carbons (Fsp3) is 0.667. The molecule has 21 heavy (non-hydrogen) atoms. The molecule has 3 nitrogen and oxygen atoms in total. The zero-order chi connectivity index (χ0) is 16.1. The second-order valence-corrected chi connectivity index (χ2v) is 8.98. The number of esters is 1. The van der Waals surface area contributed by atoms with Crippen molar-refractivity contribution < 1.29 is 44.1 Å². The van der Waals surface area contributed by atoms with Gasteiger partial charge in [-0.1, -0.05) is 0 Å². The maximum Gasteiger partial charge on any atom is -1.00 e. The number of alkyl halides is 4. The molecule has 0 atom stereocenters. The molecule has 0 radical (unpaired) electrons. The van der Waals surface area contributed by atoms with Crippen molar-refractivity contribution in [2.45, 2.75) is 30.7 Å². The van der Waals surface area contributed by atoms with Crippen molar-refractivity contribution in [2.24, 2.45) is 0 Å². The zero-order valence-corrected chi connectivity index (χ0v) is 15.1. The number of ether oxygens (including phenoxy) is 1. The number of hydrogen-bond acceptors (Lipinski definition) is 2. The predicted molar refractivity (Wildman–Crippen MR) is 70.3 cm³/mol. The van der Waals surface area contributed by atoms with Gasteiger partial charge in [-0.05, 0) is 0 Å². The summed E-state index contributed by atoms with van der Waals surface area (Å²) in [5.74, 6) is -5.41. The molecular formula is C12H19AsClF4NO2. The van der Waals surface area contributed by atoms with Gasteiger partial charge in [-0.15, -0.1) is 0 Å². The van der Waals surface area contributed by atoms with Gasteiger partial charge in [0, 0.05) is 0 Å². The second-order valence-electron chi connectivity index (χ2n) is 4.39. The van der Waals surface area contributed by atoms with Crippen LogP contribution in [0.25, 0.3) is 0 Å². The Labute approximate surface area is 132 Å². The number of rotatable bonds is 6. The van der Waals surface area contributed by atoms with Gasteiger partial charge < -0.3 is 12.4 Å². The zero-order valence-electron chi connectivity index (χ0n) is 12.5. The first kappa shape index (κ1) is 22.7. The third kappa shape index (κ3) is 6.39. The van der Waals surface area contributed by atoms with Crippen LogP contribution in [-0.2, 0) is 9.53 Å². The van der Waals surface area contributed by atoms with E-state index >= 15 is 0 Å². The van der Waals surface area contributed by atoms with Crippen LogP contribution in [0.1, 0.15) is 6.92 Å². The van der Waals surface area contributed by atoms with Gasteiger partial charge in [0.2, 0.25) is 0 Å². The van der Waals surface area contributed by atoms with Gasteiger partial charge in [0.1, 0.15) is 0 Å². The number of halogens is 5. The average Bonchev–Trinajstić information content (AvgIpc) is 2.26. The summed E-state index contributed by atoms with van der Waals surface area (Å²) < 4.78 is 58.2. The number of hydrogen-bond donors (Lipinski definition) is 0. The van der Waals surface area contributed by atoms with E-state index in [1.165, 1.54) is 25.9 Å². The first-order valence-corrected chi connectivity index (χ1v) is 10.7. The summed E-state index contributed by atoms with van der Waals surface area (Å²) in [6.45, 7) is 1.50. The van der Waals surface area contributed by atoms with Crippen LogP contribution in [0, 0.1) is 0 Å². The summed E-state index contributed by atoms with van der Waals surface area (Å²) >= 11 is -1.66. The van der Waals surface area contributed by atoms with E-state index in [4.69, 9.17) is 4.74 Å². The van der Waals surface area contributed by atoms with Gasteiger partial charge >= 0.3 is 120 Å². The van der Waals surface area contributed by atoms with Crippen LogP contribution in [-0.4, -0.2) is 64.0 Å². The minimum absolute atomic E-state index is 0. The molecule has 0 saturated heterocycles. The SMILES string of the molecule is CCOC(=O)C(=C[As](C)C)C(=[N+](C)C)C(F)(F)C(F)F.[Cl-]. The Bertz CT molecular complexity index is 421. The number of nitrogens with zero attached hydrogens (tertiary/aromatic N) is 1. The molecule has 0 aromatic heterocycles. The number of carbonyl (C=O) groups excluding carboxylic acids is 1. The van der Waals surface area contributed by atoms with Crippen molar-refractivity contribution in [1.29, 1.82) is 0 Å². The fourth-order valence-corrected chi connectivity index (χ4v) is 3.06. The van der Waals surface area contributed by atoms with E-state index in [1.807, 2.05) is 0 Å². The topological polar surface area (TPSA) is 29.3 Å². The van der Waals surface area contributed by atoms with E-state index in [0.29, 0.717) is 0 Å². The summed E-state index contributed by atoms with van der Waals surface area (Å²) in [7, 11) is 2.39. The summed E-state index contributed by atoms with van der Waals surface area (Å²) in [4.78, 5) is 13.1. The Hall–Kier alpha value is -0.552. The molecule has 0 fully saturated rings. The Morgan fingerprint density at radius 1 is 1.33 bits per heavy atom. The van der Waals surface area contributed by atoms with Crippen molar-refractivity contribution in [3.05, 3.63) is 10.4 Å². The van der Waals surface area contributed by atoms with E-state index in [9.17, 15) is 22.4 Å². The van der Waals surface area contributed by atoms with Crippen LogP contribution in [0.15, 0.2) is 10.4 Å². The summed E-state index contributed by atoms with van der Waals surface area (Å²) in [5.41, 5.74) is 2.11. The molecule has 0 aliphatic heterocycles. The van der Waals surface area contributed by atoms with Gasteiger partial charge in [-0.2, -0.15) is 0 Å². The molecule has 124 valence electrons. The van der Waals surface area contributed by atoms with E-state index in [0.717, 1.165) is 4.58 Å². The smallest absolute Gasteiger partial charge is 1.00 e. The molecule has 0 aromatic rings. The van der Waals surface area contributed by atoms with Crippen LogP contribution in [0.4, 0.5) is 17.6 Å². The van der Waals surface area contributed by atoms with Crippen molar-refractivity contribution in [3.63, 3.8) is 0 Å². The summed E-state index contributed by atoms with van der Waals surface area (Å²) in [6, 6.07) is 0. The third-order valence-electron chi connectivity index (χ3n) is 2.17. The molecule has 0 rings (SSSR count). The van der Waals surface area contributed by atoms with Crippen LogP contribution < -0.4 is 12.4 Å². The van der Waals surface area contributed by atoms with Gasteiger partial charge in [0.15, 0.2) is 0 Å². The van der Waals surface area contributed by atoms with E-state index in [1.54, 1.807) is 11.4 Å². The van der Waals surface area contributed by atoms with Crippen LogP contribution in [0.5, 0.6) is 0 Å². The predicted octanol–water partition coefficient (Wildman–Crippen LogP) is -0.613. The van der Waals surface area contributed by atoms with Gasteiger partial charge in [-0.25, -0.2) is 0 Å². The van der Waals surface area contributed by atoms with Crippen molar-refractivity contribution in [3.8, 4) is 0 Å². The molecule has 0 heterocycles. The minimum atomic E-state index is -4.41. The maximum absolute atomic E-state index is 13.7. The Balaban J connectivity index is 0. The van der Waals surface area contributed by atoms with E-state index in [2.05, 4.69) is 0 Å². The summed E-state index contributed by atoms with van der Waals surface area (Å²) in [6.07, 6.45) is -3.90. The van der Waals surface area contributed by atoms with Crippen LogP contribution in [0.3, 0.4) is 0 Å². The average molecular weight is 396 g/mol. The standard InChI is InChI=1S/C12H19AsF4NO2.ClH/c1-6-20-10(19)8(7-13(2)3)9(18(4)5)12(16,17)11(14)15;/h7,11H,6H2,1-5H3;1H/q+1;/p-1. The largest absolute Gasteiger partial charge is 1.00 e. The molecule has 0 saturated carbocycles. The Morgan fingerprint density at radius 3 is 2.10 bits per heavy atom. The number of carbonyl (C=O) groups is 1. The second kappa shape index (κ2) is 9.46. The van der Waals surface area contributed by atoms with Gasteiger partial charge in [0.25, 0.3) is 0 Å². The molecule has 9 heteroatoms. The summed E-state index contributed by atoms with van der Waals surface area (Å²) in [5, 5.41) is 0. The quantitative estimate of drug-likeness (QED) is 0.150. The van der Waals surface area contributed by atoms with Gasteiger partial charge in [0.05, 0.1) is 0 Å². The first-order chi connectivity index (χ1) is 9.05. The van der Waals surface area contributed by atoms with E-state index < -0.39 is 44.3 Å². The van der Waals surface area contributed by atoms with Crippen LogP contribution >= 0.6 is 0 Å². The molecule has 0 bridgehead atoms. The Morgan fingerprint density at radius 2 is 1.81 bits per heavy atom. The Kier molecular flexibility index (Phi) is 10.2. The monoisotopic (exact) mass is 395 g/mol. The van der Waals surface area contributed by atoms with Crippen molar-refractivity contribution in [1.82, 2.24) is 0 Å². The third-order valence-corrected chi connectivity index (χ3v) is 3.80. The minimum Gasteiger partial charge on any atom is -1.00 e. The molecule has 0 amide bonds. The van der Waals surface area contributed by atoms with Crippen molar-refractivity contribution in [2.75, 3.05) is 20.7 Å². The molecule has 0 unspecified atom stereocenters. The molecule has 0 aliphatic carbocycles. The first-order valence-electron chi connectivity index (χ1n) is 5.82. The maximum atomic E-state index is 13.7. The van der Waals surface area contributed by atoms with E-state index in [-0.39, 0.29) is 19.0 Å². The normalized spacial score (nSPS) is 12.2.